The second-order valence-corrected chi connectivity index (χ2v) is 5.35. The number of aliphatic hydroxyl groups is 1. The van der Waals surface area contributed by atoms with Crippen LogP contribution in [0.1, 0.15) is 61.6 Å². The normalized spacial score (nSPS) is 17.0. The molecule has 1 aliphatic rings. The maximum atomic E-state index is 10.4. The molecule has 0 saturated heterocycles. The summed E-state index contributed by atoms with van der Waals surface area (Å²) in [6, 6.07) is 4.15. The zero-order chi connectivity index (χ0) is 13.0. The van der Waals surface area contributed by atoms with Gasteiger partial charge in [-0.2, -0.15) is 0 Å². The molecule has 2 N–H and O–H groups in total. The molecule has 0 amide bonds. The summed E-state index contributed by atoms with van der Waals surface area (Å²) in [5.74, 6) is 1.02. The zero-order valence-corrected chi connectivity index (χ0v) is 11.3. The van der Waals surface area contributed by atoms with Crippen molar-refractivity contribution in [2.75, 3.05) is 6.61 Å². The van der Waals surface area contributed by atoms with Crippen LogP contribution in [0.5, 0.6) is 5.75 Å². The van der Waals surface area contributed by atoms with Gasteiger partial charge < -0.3 is 10.2 Å². The zero-order valence-electron chi connectivity index (χ0n) is 11.3. The topological polar surface area (TPSA) is 40.5 Å². The third kappa shape index (κ3) is 2.86. The molecule has 1 aromatic rings. The van der Waals surface area contributed by atoms with E-state index >= 15 is 0 Å². The lowest BCUT2D eigenvalue weighted by atomic mass is 9.82. The van der Waals surface area contributed by atoms with E-state index in [9.17, 15) is 5.11 Å². The molecule has 1 aromatic carbocycles. The van der Waals surface area contributed by atoms with Crippen molar-refractivity contribution in [3.63, 3.8) is 0 Å². The summed E-state index contributed by atoms with van der Waals surface area (Å²) in [4.78, 5) is 0. The van der Waals surface area contributed by atoms with Gasteiger partial charge in [0.2, 0.25) is 0 Å². The number of hydrogen-bond acceptors (Lipinski definition) is 2. The van der Waals surface area contributed by atoms with E-state index < -0.39 is 0 Å². The van der Waals surface area contributed by atoms with Crippen LogP contribution < -0.4 is 0 Å². The largest absolute Gasteiger partial charge is 0.507 e. The summed E-state index contributed by atoms with van der Waals surface area (Å²) in [5, 5.41) is 19.5. The van der Waals surface area contributed by atoms with E-state index in [1.807, 2.05) is 6.07 Å². The summed E-state index contributed by atoms with van der Waals surface area (Å²) >= 11 is 0. The van der Waals surface area contributed by atoms with Crippen molar-refractivity contribution in [2.24, 2.45) is 0 Å². The highest BCUT2D eigenvalue weighted by Crippen LogP contribution is 2.39. The van der Waals surface area contributed by atoms with E-state index in [2.05, 4.69) is 13.0 Å². The Kier molecular flexibility index (Phi) is 4.65. The predicted molar refractivity (Wildman–Crippen MR) is 74.1 cm³/mol. The second-order valence-electron chi connectivity index (χ2n) is 5.35. The Hall–Kier alpha value is -1.02. The van der Waals surface area contributed by atoms with Crippen LogP contribution in [0.15, 0.2) is 12.1 Å². The SMILES string of the molecule is CCc1cc(CCO)cc(C2CCCCC2)c1O. The van der Waals surface area contributed by atoms with Gasteiger partial charge in [-0.1, -0.05) is 38.3 Å². The minimum absolute atomic E-state index is 0.179. The fourth-order valence-electron chi connectivity index (χ4n) is 3.06. The molecule has 1 fully saturated rings. The van der Waals surface area contributed by atoms with Crippen LogP contribution in [0.25, 0.3) is 0 Å². The van der Waals surface area contributed by atoms with Gasteiger partial charge in [0, 0.05) is 6.61 Å². The highest BCUT2D eigenvalue weighted by Gasteiger charge is 2.20. The molecule has 1 aliphatic carbocycles. The summed E-state index contributed by atoms with van der Waals surface area (Å²) in [7, 11) is 0. The van der Waals surface area contributed by atoms with Crippen molar-refractivity contribution in [1.82, 2.24) is 0 Å². The van der Waals surface area contributed by atoms with Crippen molar-refractivity contribution < 1.29 is 10.2 Å². The van der Waals surface area contributed by atoms with E-state index in [0.29, 0.717) is 18.1 Å². The third-order valence-corrected chi connectivity index (χ3v) is 4.10. The minimum Gasteiger partial charge on any atom is -0.507 e. The summed E-state index contributed by atoms with van der Waals surface area (Å²) < 4.78 is 0. The quantitative estimate of drug-likeness (QED) is 0.855. The molecule has 100 valence electrons. The number of rotatable bonds is 4. The second kappa shape index (κ2) is 6.24. The first-order valence-corrected chi connectivity index (χ1v) is 7.21. The number of aryl methyl sites for hydroxylation is 1. The first kappa shape index (κ1) is 13.4. The molecule has 0 spiro atoms. The van der Waals surface area contributed by atoms with Crippen LogP contribution in [0.2, 0.25) is 0 Å². The summed E-state index contributed by atoms with van der Waals surface area (Å²) in [6.45, 7) is 2.25. The first-order valence-electron chi connectivity index (χ1n) is 7.21. The molecule has 18 heavy (non-hydrogen) atoms. The van der Waals surface area contributed by atoms with E-state index in [-0.39, 0.29) is 6.61 Å². The van der Waals surface area contributed by atoms with Gasteiger partial charge in [0.05, 0.1) is 0 Å². The fraction of sp³-hybridized carbons (Fsp3) is 0.625. The van der Waals surface area contributed by atoms with Gasteiger partial charge in [0.1, 0.15) is 5.75 Å². The molecular weight excluding hydrogens is 224 g/mol. The van der Waals surface area contributed by atoms with Crippen LogP contribution in [-0.2, 0) is 12.8 Å². The van der Waals surface area contributed by atoms with Gasteiger partial charge in [-0.15, -0.1) is 0 Å². The minimum atomic E-state index is 0.179. The Balaban J connectivity index is 2.33. The molecule has 2 rings (SSSR count). The van der Waals surface area contributed by atoms with Crippen LogP contribution in [0.3, 0.4) is 0 Å². The number of phenols is 1. The van der Waals surface area contributed by atoms with Crippen LogP contribution in [-0.4, -0.2) is 16.8 Å². The van der Waals surface area contributed by atoms with E-state index in [1.54, 1.807) is 0 Å². The van der Waals surface area contributed by atoms with Gasteiger partial charge >= 0.3 is 0 Å². The highest BCUT2D eigenvalue weighted by atomic mass is 16.3. The summed E-state index contributed by atoms with van der Waals surface area (Å²) in [6.07, 6.45) is 7.80. The van der Waals surface area contributed by atoms with E-state index in [4.69, 9.17) is 5.11 Å². The van der Waals surface area contributed by atoms with Crippen LogP contribution in [0, 0.1) is 0 Å². The molecule has 0 atom stereocenters. The van der Waals surface area contributed by atoms with Crippen LogP contribution >= 0.6 is 0 Å². The van der Waals surface area contributed by atoms with Gasteiger partial charge in [-0.05, 0) is 48.3 Å². The van der Waals surface area contributed by atoms with E-state index in [0.717, 1.165) is 23.1 Å². The van der Waals surface area contributed by atoms with Gasteiger partial charge in [-0.3, -0.25) is 0 Å². The number of phenolic OH excluding ortho intramolecular Hbond substituents is 1. The molecule has 0 aliphatic heterocycles. The number of benzene rings is 1. The van der Waals surface area contributed by atoms with Gasteiger partial charge in [0.15, 0.2) is 0 Å². The van der Waals surface area contributed by atoms with E-state index in [1.165, 1.54) is 32.1 Å². The molecular formula is C16H24O2. The highest BCUT2D eigenvalue weighted by molar-refractivity contribution is 5.46. The van der Waals surface area contributed by atoms with Crippen molar-refractivity contribution in [3.05, 3.63) is 28.8 Å². The lowest BCUT2D eigenvalue weighted by Crippen LogP contribution is -2.07. The number of hydrogen-bond donors (Lipinski definition) is 2. The standard InChI is InChI=1S/C16H24O2/c1-2-13-10-12(8-9-17)11-15(16(13)18)14-6-4-3-5-7-14/h10-11,14,17-18H,2-9H2,1H3. The maximum absolute atomic E-state index is 10.4. The Morgan fingerprint density at radius 1 is 1.17 bits per heavy atom. The average molecular weight is 248 g/mol. The first-order chi connectivity index (χ1) is 8.76. The van der Waals surface area contributed by atoms with Gasteiger partial charge in [-0.25, -0.2) is 0 Å². The third-order valence-electron chi connectivity index (χ3n) is 4.10. The number of aliphatic hydroxyl groups excluding tert-OH is 1. The van der Waals surface area contributed by atoms with Crippen molar-refractivity contribution in [2.45, 2.75) is 57.8 Å². The van der Waals surface area contributed by atoms with Crippen molar-refractivity contribution in [1.29, 1.82) is 0 Å². The number of aromatic hydroxyl groups is 1. The molecule has 0 heterocycles. The molecule has 2 nitrogen and oxygen atoms in total. The van der Waals surface area contributed by atoms with Crippen molar-refractivity contribution >= 4 is 0 Å². The Morgan fingerprint density at radius 2 is 1.89 bits per heavy atom. The molecule has 0 bridgehead atoms. The average Bonchev–Trinajstić information content (AvgIpc) is 2.42. The van der Waals surface area contributed by atoms with Crippen LogP contribution in [0.4, 0.5) is 0 Å². The van der Waals surface area contributed by atoms with Gasteiger partial charge in [0.25, 0.3) is 0 Å². The molecule has 1 saturated carbocycles. The molecule has 2 heteroatoms. The predicted octanol–water partition coefficient (Wildman–Crippen LogP) is 3.54. The lowest BCUT2D eigenvalue weighted by molar-refractivity contribution is 0.299. The maximum Gasteiger partial charge on any atom is 0.122 e. The smallest absolute Gasteiger partial charge is 0.122 e. The Labute approximate surface area is 110 Å². The summed E-state index contributed by atoms with van der Waals surface area (Å²) in [5.41, 5.74) is 3.31. The Bertz CT molecular complexity index is 392. The lowest BCUT2D eigenvalue weighted by Gasteiger charge is -2.24. The van der Waals surface area contributed by atoms with Crippen molar-refractivity contribution in [3.8, 4) is 5.75 Å². The molecule has 0 radical (unpaired) electrons. The molecule has 0 unspecified atom stereocenters. The molecule has 0 aromatic heterocycles. The Morgan fingerprint density at radius 3 is 2.50 bits per heavy atom. The monoisotopic (exact) mass is 248 g/mol. The fourth-order valence-corrected chi connectivity index (χ4v) is 3.06.